The summed E-state index contributed by atoms with van der Waals surface area (Å²) in [5.74, 6) is 1.02. The second-order valence-corrected chi connectivity index (χ2v) is 10.4. The Hall–Kier alpha value is -2.52. The summed E-state index contributed by atoms with van der Waals surface area (Å²) in [4.78, 5) is 2.04. The summed E-state index contributed by atoms with van der Waals surface area (Å²) >= 11 is 9.69. The predicted molar refractivity (Wildman–Crippen MR) is 151 cm³/mol. The summed E-state index contributed by atoms with van der Waals surface area (Å²) in [5.41, 5.74) is 1.72. The lowest BCUT2D eigenvalue weighted by Crippen LogP contribution is -2.00. The van der Waals surface area contributed by atoms with Gasteiger partial charge in [0.25, 0.3) is 0 Å². The van der Waals surface area contributed by atoms with Crippen molar-refractivity contribution in [3.63, 3.8) is 0 Å². The molecule has 0 radical (unpaired) electrons. The number of benzene rings is 4. The molecule has 0 atom stereocenters. The molecule has 0 fully saturated rings. The molecule has 4 aromatic carbocycles. The highest BCUT2D eigenvalue weighted by Crippen LogP contribution is 2.23. The lowest BCUT2D eigenvalue weighted by Gasteiger charge is -2.04. The van der Waals surface area contributed by atoms with Gasteiger partial charge in [0.2, 0.25) is 0 Å². The van der Waals surface area contributed by atoms with Crippen LogP contribution in [0, 0.1) is 0 Å². The van der Waals surface area contributed by atoms with E-state index in [0.717, 1.165) is 29.9 Å². The zero-order chi connectivity index (χ0) is 23.6. The zero-order valence-corrected chi connectivity index (χ0v) is 22.6. The van der Waals surface area contributed by atoms with Crippen LogP contribution in [0.3, 0.4) is 0 Å². The summed E-state index contributed by atoms with van der Waals surface area (Å²) in [6.07, 6.45) is 0. The van der Waals surface area contributed by atoms with Crippen molar-refractivity contribution >= 4 is 67.4 Å². The zero-order valence-electron chi connectivity index (χ0n) is 17.8. The van der Waals surface area contributed by atoms with Crippen molar-refractivity contribution < 1.29 is 0 Å². The summed E-state index contributed by atoms with van der Waals surface area (Å²) in [6, 6.07) is 35.6. The van der Waals surface area contributed by atoms with Gasteiger partial charge in [-0.2, -0.15) is 8.80 Å². The number of halogens is 2. The topological polar surface area (TPSA) is 49.4 Å². The summed E-state index contributed by atoms with van der Waals surface area (Å²) in [7, 11) is 0. The lowest BCUT2D eigenvalue weighted by molar-refractivity contribution is 1.30. The molecule has 0 saturated carbocycles. The Morgan fingerprint density at radius 1 is 0.471 bits per heavy atom. The van der Waals surface area contributed by atoms with Gasteiger partial charge in [-0.25, -0.2) is 0 Å². The first-order valence-electron chi connectivity index (χ1n) is 10.2. The van der Waals surface area contributed by atoms with E-state index >= 15 is 0 Å². The molecule has 0 unspecified atom stereocenters. The Labute approximate surface area is 224 Å². The van der Waals surface area contributed by atoms with E-state index in [4.69, 9.17) is 0 Å². The molecule has 168 valence electrons. The van der Waals surface area contributed by atoms with Gasteiger partial charge in [0.15, 0.2) is 11.7 Å². The highest BCUT2D eigenvalue weighted by molar-refractivity contribution is 9.10. The van der Waals surface area contributed by atoms with Gasteiger partial charge in [-0.05, 0) is 72.8 Å². The maximum atomic E-state index is 4.68. The number of rotatable bonds is 6. The van der Waals surface area contributed by atoms with Crippen LogP contribution in [0.4, 0.5) is 0 Å². The third kappa shape index (κ3) is 7.50. The standard InChI is InChI=1S/C26H18Br2N4S2/c27-21-15-11-19(12-16-21)25(31-33-23-7-3-1-4-8-23)29-30-26(20-13-17-22(28)18-14-20)32-34-24-9-5-2-6-10-24/h1-18H/b30-29-,31-25-,32-26-. The van der Waals surface area contributed by atoms with E-state index < -0.39 is 0 Å². The monoisotopic (exact) mass is 608 g/mol. The first-order valence-corrected chi connectivity index (χ1v) is 13.3. The van der Waals surface area contributed by atoms with Crippen molar-refractivity contribution in [2.75, 3.05) is 0 Å². The molecule has 0 amide bonds. The van der Waals surface area contributed by atoms with Crippen molar-refractivity contribution in [2.45, 2.75) is 9.79 Å². The van der Waals surface area contributed by atoms with E-state index in [1.165, 1.54) is 23.9 Å². The van der Waals surface area contributed by atoms with Gasteiger partial charge >= 0.3 is 0 Å². The Balaban J connectivity index is 1.67. The van der Waals surface area contributed by atoms with Gasteiger partial charge in [0.05, 0.1) is 0 Å². The highest BCUT2D eigenvalue weighted by Gasteiger charge is 2.08. The lowest BCUT2D eigenvalue weighted by atomic mass is 10.2. The number of azo groups is 1. The second kappa shape index (κ2) is 12.8. The van der Waals surface area contributed by atoms with Crippen LogP contribution in [0.25, 0.3) is 0 Å². The largest absolute Gasteiger partial charge is 0.189 e. The number of nitrogens with zero attached hydrogens (tertiary/aromatic N) is 4. The minimum absolute atomic E-state index is 0.510. The minimum atomic E-state index is 0.510. The van der Waals surface area contributed by atoms with Crippen molar-refractivity contribution in [2.24, 2.45) is 19.0 Å². The van der Waals surface area contributed by atoms with E-state index in [1.807, 2.05) is 109 Å². The second-order valence-electron chi connectivity index (χ2n) is 6.85. The summed E-state index contributed by atoms with van der Waals surface area (Å²) in [5, 5.41) is 9.07. The normalized spacial score (nSPS) is 12.3. The fraction of sp³-hybridized carbons (Fsp3) is 0. The van der Waals surface area contributed by atoms with Crippen LogP contribution >= 0.6 is 55.8 Å². The highest BCUT2D eigenvalue weighted by atomic mass is 79.9. The third-order valence-electron chi connectivity index (χ3n) is 4.41. The first-order chi connectivity index (χ1) is 16.7. The molecule has 0 heterocycles. The SMILES string of the molecule is Brc1ccc(C(/N=N\C(=N/Sc2ccccc2)c2ccc(Br)cc2)=N/Sc2ccccc2)cc1. The number of hydrogen-bond acceptors (Lipinski definition) is 4. The molecule has 0 bridgehead atoms. The molecule has 0 aliphatic heterocycles. The van der Waals surface area contributed by atoms with Crippen molar-refractivity contribution in [1.29, 1.82) is 0 Å². The van der Waals surface area contributed by atoms with E-state index in [-0.39, 0.29) is 0 Å². The maximum Gasteiger partial charge on any atom is 0.189 e. The smallest absolute Gasteiger partial charge is 0.189 e. The van der Waals surface area contributed by atoms with Crippen LogP contribution in [0.2, 0.25) is 0 Å². The predicted octanol–water partition coefficient (Wildman–Crippen LogP) is 9.27. The molecule has 0 aromatic heterocycles. The first kappa shape index (κ1) is 24.6. The van der Waals surface area contributed by atoms with E-state index in [9.17, 15) is 0 Å². The summed E-state index contributed by atoms with van der Waals surface area (Å²) in [6.45, 7) is 0. The van der Waals surface area contributed by atoms with E-state index in [0.29, 0.717) is 11.7 Å². The minimum Gasteiger partial charge on any atom is -0.189 e. The molecule has 0 spiro atoms. The maximum absolute atomic E-state index is 4.68. The van der Waals surface area contributed by atoms with Crippen LogP contribution in [0.5, 0.6) is 0 Å². The number of amidine groups is 2. The van der Waals surface area contributed by atoms with E-state index in [2.05, 4.69) is 50.9 Å². The van der Waals surface area contributed by atoms with E-state index in [1.54, 1.807) is 0 Å². The Morgan fingerprint density at radius 2 is 0.824 bits per heavy atom. The van der Waals surface area contributed by atoms with Crippen LogP contribution in [-0.4, -0.2) is 11.7 Å². The molecule has 0 aliphatic rings. The average Bonchev–Trinajstić information content (AvgIpc) is 2.88. The third-order valence-corrected chi connectivity index (χ3v) is 6.96. The van der Waals surface area contributed by atoms with Gasteiger partial charge < -0.3 is 0 Å². The van der Waals surface area contributed by atoms with Gasteiger partial charge in [-0.15, -0.1) is 10.2 Å². The van der Waals surface area contributed by atoms with Crippen molar-refractivity contribution in [1.82, 2.24) is 0 Å². The van der Waals surface area contributed by atoms with Gasteiger partial charge in [0.1, 0.15) is 0 Å². The molecular weight excluding hydrogens is 592 g/mol. The van der Waals surface area contributed by atoms with Crippen LogP contribution in [0.1, 0.15) is 11.1 Å². The number of hydrogen-bond donors (Lipinski definition) is 0. The molecule has 4 rings (SSSR count). The Morgan fingerprint density at radius 3 is 1.18 bits per heavy atom. The molecule has 4 nitrogen and oxygen atoms in total. The molecule has 0 aliphatic carbocycles. The molecule has 4 aromatic rings. The van der Waals surface area contributed by atoms with Crippen LogP contribution in [-0.2, 0) is 0 Å². The average molecular weight is 610 g/mol. The molecular formula is C26H18Br2N4S2. The molecule has 0 saturated heterocycles. The van der Waals surface area contributed by atoms with Crippen molar-refractivity contribution in [3.05, 3.63) is 129 Å². The van der Waals surface area contributed by atoms with Crippen LogP contribution in [0.15, 0.2) is 147 Å². The Kier molecular flexibility index (Phi) is 9.27. The van der Waals surface area contributed by atoms with Crippen LogP contribution < -0.4 is 0 Å². The molecule has 0 N–H and O–H groups in total. The molecule has 34 heavy (non-hydrogen) atoms. The molecule has 8 heteroatoms. The van der Waals surface area contributed by atoms with Gasteiger partial charge in [-0.3, -0.25) is 0 Å². The van der Waals surface area contributed by atoms with Gasteiger partial charge in [-0.1, -0.05) is 68.3 Å². The van der Waals surface area contributed by atoms with Gasteiger partial charge in [0, 0.05) is 53.8 Å². The quantitative estimate of drug-likeness (QED) is 0.0946. The Bertz CT molecular complexity index is 1190. The fourth-order valence-corrected chi connectivity index (χ4v) is 4.46. The van der Waals surface area contributed by atoms with Crippen molar-refractivity contribution in [3.8, 4) is 0 Å². The fourth-order valence-electron chi connectivity index (χ4n) is 2.70. The summed E-state index contributed by atoms with van der Waals surface area (Å²) < 4.78 is 11.3.